The van der Waals surface area contributed by atoms with Crippen LogP contribution in [0.5, 0.6) is 0 Å². The highest BCUT2D eigenvalue weighted by Gasteiger charge is 1.98. The highest BCUT2D eigenvalue weighted by atomic mass is 35.5. The van der Waals surface area contributed by atoms with Gasteiger partial charge in [0.1, 0.15) is 5.82 Å². The molecule has 0 aliphatic carbocycles. The molecular weight excluding hydrogens is 216 g/mol. The molecule has 0 aliphatic rings. The number of unbranched alkanes of at least 4 members (excludes halogenated alkanes) is 1. The van der Waals surface area contributed by atoms with Crippen LogP contribution in [0, 0.1) is 0 Å². The van der Waals surface area contributed by atoms with Crippen molar-refractivity contribution in [3.8, 4) is 0 Å². The number of aromatic nitrogens is 1. The van der Waals surface area contributed by atoms with E-state index in [1.807, 2.05) is 12.1 Å². The van der Waals surface area contributed by atoms with Crippen molar-refractivity contribution in [2.24, 2.45) is 0 Å². The topological polar surface area (TPSA) is 76.2 Å². The smallest absolute Gasteiger partial charge is 0.303 e. The Labute approximate surface area is 94.9 Å². The number of carboxylic acid groups (broad SMARTS) is 1. The zero-order valence-electron chi connectivity index (χ0n) is 8.35. The first-order valence-corrected chi connectivity index (χ1v) is 4.61. The zero-order chi connectivity index (χ0) is 10.4. The Morgan fingerprint density at radius 1 is 1.40 bits per heavy atom. The number of nitrogens with zero attached hydrogens (tertiary/aromatic N) is 1. The molecule has 84 valence electrons. The number of pyridine rings is 1. The number of carboxylic acids is 1. The van der Waals surface area contributed by atoms with Gasteiger partial charge in [-0.25, -0.2) is 4.98 Å². The summed E-state index contributed by atoms with van der Waals surface area (Å²) >= 11 is 0. The Balaban J connectivity index is 0.00000196. The van der Waals surface area contributed by atoms with Crippen molar-refractivity contribution in [2.45, 2.75) is 25.7 Å². The Morgan fingerprint density at radius 2 is 2.13 bits per heavy atom. The predicted molar refractivity (Wildman–Crippen MR) is 61.1 cm³/mol. The third-order valence-electron chi connectivity index (χ3n) is 1.90. The minimum absolute atomic E-state index is 0. The largest absolute Gasteiger partial charge is 0.481 e. The van der Waals surface area contributed by atoms with Crippen LogP contribution >= 0.6 is 12.4 Å². The molecule has 1 aromatic rings. The van der Waals surface area contributed by atoms with Crippen LogP contribution in [0.4, 0.5) is 5.82 Å². The van der Waals surface area contributed by atoms with Crippen molar-refractivity contribution < 1.29 is 9.90 Å². The van der Waals surface area contributed by atoms with Crippen LogP contribution in [0.1, 0.15) is 25.0 Å². The van der Waals surface area contributed by atoms with Gasteiger partial charge in [-0.05, 0) is 31.4 Å². The number of aryl methyl sites for hydroxylation is 1. The first-order chi connectivity index (χ1) is 6.68. The third kappa shape index (κ3) is 5.91. The van der Waals surface area contributed by atoms with E-state index < -0.39 is 5.97 Å². The van der Waals surface area contributed by atoms with E-state index in [1.54, 1.807) is 6.07 Å². The lowest BCUT2D eigenvalue weighted by Gasteiger charge is -2.00. The molecule has 0 radical (unpaired) electrons. The van der Waals surface area contributed by atoms with E-state index in [0.29, 0.717) is 12.2 Å². The minimum atomic E-state index is -0.745. The molecule has 0 amide bonds. The van der Waals surface area contributed by atoms with Gasteiger partial charge in [0, 0.05) is 12.1 Å². The van der Waals surface area contributed by atoms with Crippen molar-refractivity contribution in [1.29, 1.82) is 0 Å². The molecule has 1 aromatic heterocycles. The van der Waals surface area contributed by atoms with Gasteiger partial charge < -0.3 is 10.8 Å². The van der Waals surface area contributed by atoms with E-state index in [2.05, 4.69) is 4.98 Å². The molecule has 0 saturated heterocycles. The number of hydrogen-bond acceptors (Lipinski definition) is 3. The lowest BCUT2D eigenvalue weighted by molar-refractivity contribution is -0.137. The van der Waals surface area contributed by atoms with Crippen LogP contribution in [0.15, 0.2) is 18.2 Å². The van der Waals surface area contributed by atoms with E-state index in [0.717, 1.165) is 18.5 Å². The normalized spacial score (nSPS) is 9.33. The molecule has 0 spiro atoms. The van der Waals surface area contributed by atoms with Crippen LogP contribution < -0.4 is 5.73 Å². The second kappa shape index (κ2) is 7.06. The van der Waals surface area contributed by atoms with Crippen molar-refractivity contribution in [2.75, 3.05) is 5.73 Å². The maximum absolute atomic E-state index is 10.2. The van der Waals surface area contributed by atoms with Gasteiger partial charge in [0.15, 0.2) is 0 Å². The summed E-state index contributed by atoms with van der Waals surface area (Å²) < 4.78 is 0. The zero-order valence-corrected chi connectivity index (χ0v) is 9.17. The van der Waals surface area contributed by atoms with Crippen LogP contribution in [-0.4, -0.2) is 16.1 Å². The summed E-state index contributed by atoms with van der Waals surface area (Å²) in [5, 5.41) is 8.42. The maximum atomic E-state index is 10.2. The number of halogens is 1. The average Bonchev–Trinajstić information content (AvgIpc) is 2.12. The number of carbonyl (C=O) groups is 1. The first-order valence-electron chi connectivity index (χ1n) is 4.61. The van der Waals surface area contributed by atoms with Gasteiger partial charge >= 0.3 is 5.97 Å². The molecule has 0 saturated carbocycles. The summed E-state index contributed by atoms with van der Waals surface area (Å²) in [6, 6.07) is 5.49. The van der Waals surface area contributed by atoms with Crippen molar-refractivity contribution >= 4 is 24.2 Å². The lowest BCUT2D eigenvalue weighted by atomic mass is 10.1. The highest BCUT2D eigenvalue weighted by Crippen LogP contribution is 2.06. The van der Waals surface area contributed by atoms with E-state index in [-0.39, 0.29) is 18.8 Å². The summed E-state index contributed by atoms with van der Waals surface area (Å²) in [6.45, 7) is 0. The summed E-state index contributed by atoms with van der Waals surface area (Å²) in [5.41, 5.74) is 6.43. The van der Waals surface area contributed by atoms with Gasteiger partial charge in [0.05, 0.1) is 0 Å². The Hall–Kier alpha value is -1.29. The summed E-state index contributed by atoms with van der Waals surface area (Å²) in [5.74, 6) is -0.230. The molecule has 1 rings (SSSR count). The maximum Gasteiger partial charge on any atom is 0.303 e. The van der Waals surface area contributed by atoms with Crippen LogP contribution in [0.25, 0.3) is 0 Å². The number of nitrogens with two attached hydrogens (primary N) is 1. The predicted octanol–water partition coefficient (Wildman–Crippen LogP) is 1.88. The van der Waals surface area contributed by atoms with Gasteiger partial charge in [-0.1, -0.05) is 6.07 Å². The molecular formula is C10H15ClN2O2. The molecule has 0 unspecified atom stereocenters. The first kappa shape index (κ1) is 13.7. The minimum Gasteiger partial charge on any atom is -0.481 e. The summed E-state index contributed by atoms with van der Waals surface area (Å²) in [7, 11) is 0. The van der Waals surface area contributed by atoms with E-state index in [4.69, 9.17) is 10.8 Å². The SMILES string of the molecule is Cl.Nc1cccc(CCCCC(=O)O)n1. The molecule has 15 heavy (non-hydrogen) atoms. The Morgan fingerprint density at radius 3 is 2.73 bits per heavy atom. The molecule has 3 N–H and O–H groups in total. The average molecular weight is 231 g/mol. The molecule has 0 aliphatic heterocycles. The number of nitrogen functional groups attached to an aromatic ring is 1. The fourth-order valence-electron chi connectivity index (χ4n) is 1.22. The van der Waals surface area contributed by atoms with E-state index >= 15 is 0 Å². The molecule has 5 heteroatoms. The summed E-state index contributed by atoms with van der Waals surface area (Å²) in [6.07, 6.45) is 2.54. The van der Waals surface area contributed by atoms with Gasteiger partial charge in [-0.15, -0.1) is 12.4 Å². The van der Waals surface area contributed by atoms with Crippen LogP contribution in [0.2, 0.25) is 0 Å². The molecule has 1 heterocycles. The highest BCUT2D eigenvalue weighted by molar-refractivity contribution is 5.85. The quantitative estimate of drug-likeness (QED) is 0.758. The fourth-order valence-corrected chi connectivity index (χ4v) is 1.22. The van der Waals surface area contributed by atoms with Crippen LogP contribution in [0.3, 0.4) is 0 Å². The van der Waals surface area contributed by atoms with Crippen molar-refractivity contribution in [3.05, 3.63) is 23.9 Å². The number of anilines is 1. The van der Waals surface area contributed by atoms with Crippen LogP contribution in [-0.2, 0) is 11.2 Å². The second-order valence-electron chi connectivity index (χ2n) is 3.15. The number of hydrogen-bond donors (Lipinski definition) is 2. The monoisotopic (exact) mass is 230 g/mol. The van der Waals surface area contributed by atoms with Gasteiger partial charge in [-0.3, -0.25) is 4.79 Å². The third-order valence-corrected chi connectivity index (χ3v) is 1.90. The van der Waals surface area contributed by atoms with E-state index in [9.17, 15) is 4.79 Å². The van der Waals surface area contributed by atoms with Crippen molar-refractivity contribution in [1.82, 2.24) is 4.98 Å². The van der Waals surface area contributed by atoms with E-state index in [1.165, 1.54) is 0 Å². The molecule has 0 fully saturated rings. The number of aliphatic carboxylic acids is 1. The summed E-state index contributed by atoms with van der Waals surface area (Å²) in [4.78, 5) is 14.3. The Bertz CT molecular complexity index is 318. The molecule has 4 nitrogen and oxygen atoms in total. The molecule has 0 atom stereocenters. The lowest BCUT2D eigenvalue weighted by Crippen LogP contribution is -1.97. The Kier molecular flexibility index (Phi) is 6.45. The fraction of sp³-hybridized carbons (Fsp3) is 0.400. The van der Waals surface area contributed by atoms with Gasteiger partial charge in [0.2, 0.25) is 0 Å². The van der Waals surface area contributed by atoms with Crippen molar-refractivity contribution in [3.63, 3.8) is 0 Å². The second-order valence-corrected chi connectivity index (χ2v) is 3.15. The standard InChI is InChI=1S/C10H14N2O2.ClH/c11-9-6-3-5-8(12-9)4-1-2-7-10(13)14;/h3,5-6H,1-2,4,7H2,(H2,11,12)(H,13,14);1H. The number of rotatable bonds is 5. The molecule has 0 bridgehead atoms. The van der Waals surface area contributed by atoms with Gasteiger partial charge in [0.25, 0.3) is 0 Å². The molecule has 0 aromatic carbocycles. The van der Waals surface area contributed by atoms with Gasteiger partial charge in [-0.2, -0.15) is 0 Å².